The van der Waals surface area contributed by atoms with Crippen LogP contribution >= 0.6 is 23.2 Å². The Labute approximate surface area is 289 Å². The second-order valence-electron chi connectivity index (χ2n) is 12.3. The molecule has 1 amide bonds. The van der Waals surface area contributed by atoms with Crippen LogP contribution in [0.15, 0.2) is 53.8 Å². The molecule has 6 rings (SSSR count). The van der Waals surface area contributed by atoms with E-state index in [9.17, 15) is 15.0 Å². The first kappa shape index (κ1) is 34.1. The van der Waals surface area contributed by atoms with Crippen molar-refractivity contribution in [3.05, 3.63) is 70.1 Å². The van der Waals surface area contributed by atoms with Crippen molar-refractivity contribution >= 4 is 40.7 Å². The Morgan fingerprint density at radius 2 is 1.79 bits per heavy atom. The van der Waals surface area contributed by atoms with Gasteiger partial charge in [-0.3, -0.25) is 14.7 Å². The van der Waals surface area contributed by atoms with E-state index in [0.717, 1.165) is 12.0 Å². The van der Waals surface area contributed by atoms with E-state index in [4.69, 9.17) is 42.7 Å². The molecular formula is C34H39Cl2N7O5. The smallest absolute Gasteiger partial charge is 0.237 e. The lowest BCUT2D eigenvalue weighted by atomic mass is 9.98. The monoisotopic (exact) mass is 695 g/mol. The fraction of sp³-hybridized carbons (Fsp3) is 0.412. The number of rotatable bonds is 11. The third kappa shape index (κ3) is 7.29. The van der Waals surface area contributed by atoms with Gasteiger partial charge in [-0.05, 0) is 12.8 Å². The van der Waals surface area contributed by atoms with Crippen LogP contribution in [-0.4, -0.2) is 102 Å². The molecule has 2 fully saturated rings. The number of benzene rings is 2. The standard InChI is InChI=1S/C34H39Cl2N7O5/c1-47-32-27(14-37-13-20-9-10-29(45)40-20)38-15-25(41-32)23-7-3-5-21(30(23)35)22-6-4-8-24(31(22)36)26-16-39-28(33(42-26)48-2)17-43-12-11-34(46,18-43)19-44/h3-8,15-16,20,27,37-38,44,46H,9-14,17-19H2,1-2H3,(H,40,45)/t20-,27?,34?/m0/s1. The average molecular weight is 697 g/mol. The molecule has 3 atom stereocenters. The van der Waals surface area contributed by atoms with Crippen LogP contribution in [0.1, 0.15) is 30.5 Å². The zero-order valence-corrected chi connectivity index (χ0v) is 28.3. The molecule has 12 nitrogen and oxygen atoms in total. The Morgan fingerprint density at radius 1 is 1.06 bits per heavy atom. The van der Waals surface area contributed by atoms with E-state index in [-0.39, 0.29) is 24.6 Å². The van der Waals surface area contributed by atoms with Crippen molar-refractivity contribution in [3.8, 4) is 28.3 Å². The molecule has 1 aromatic heterocycles. The first-order chi connectivity index (χ1) is 23.2. The van der Waals surface area contributed by atoms with E-state index in [2.05, 4.69) is 20.9 Å². The van der Waals surface area contributed by atoms with Crippen molar-refractivity contribution in [3.63, 3.8) is 0 Å². The van der Waals surface area contributed by atoms with Crippen LogP contribution in [0.2, 0.25) is 10.0 Å². The van der Waals surface area contributed by atoms with Gasteiger partial charge < -0.3 is 35.6 Å². The van der Waals surface area contributed by atoms with E-state index in [1.54, 1.807) is 13.3 Å². The van der Waals surface area contributed by atoms with E-state index in [1.165, 1.54) is 7.11 Å². The second-order valence-corrected chi connectivity index (χ2v) is 13.0. The molecule has 0 aliphatic carbocycles. The lowest BCUT2D eigenvalue weighted by Gasteiger charge is -2.25. The van der Waals surface area contributed by atoms with Gasteiger partial charge in [-0.2, -0.15) is 0 Å². The zero-order valence-electron chi connectivity index (χ0n) is 26.8. The summed E-state index contributed by atoms with van der Waals surface area (Å²) in [7, 11) is 3.13. The minimum absolute atomic E-state index is 0.0913. The summed E-state index contributed by atoms with van der Waals surface area (Å²) in [5.74, 6) is 0.964. The molecule has 48 heavy (non-hydrogen) atoms. The molecule has 3 aromatic rings. The van der Waals surface area contributed by atoms with Gasteiger partial charge in [-0.25, -0.2) is 9.98 Å². The minimum atomic E-state index is -1.10. The minimum Gasteiger partial charge on any atom is -0.483 e. The zero-order chi connectivity index (χ0) is 33.8. The maximum absolute atomic E-state index is 11.5. The third-order valence-electron chi connectivity index (χ3n) is 8.91. The highest BCUT2D eigenvalue weighted by molar-refractivity contribution is 6.39. The molecule has 2 saturated heterocycles. The number of aliphatic imine (C=N–C) groups is 1. The predicted octanol–water partition coefficient (Wildman–Crippen LogP) is 3.24. The highest BCUT2D eigenvalue weighted by atomic mass is 35.5. The Hall–Kier alpha value is -3.78. The van der Waals surface area contributed by atoms with Crippen LogP contribution in [0.5, 0.6) is 5.88 Å². The van der Waals surface area contributed by atoms with Crippen LogP contribution < -0.4 is 20.7 Å². The number of ether oxygens (including phenoxy) is 2. The Morgan fingerprint density at radius 3 is 2.46 bits per heavy atom. The fourth-order valence-electron chi connectivity index (χ4n) is 6.27. The van der Waals surface area contributed by atoms with Gasteiger partial charge in [0.25, 0.3) is 0 Å². The lowest BCUT2D eigenvalue weighted by molar-refractivity contribution is -0.119. The second kappa shape index (κ2) is 14.8. The summed E-state index contributed by atoms with van der Waals surface area (Å²) in [5, 5.41) is 30.6. The van der Waals surface area contributed by atoms with Crippen molar-refractivity contribution in [2.45, 2.75) is 43.5 Å². The number of carbonyl (C=O) groups excluding carboxylic acids is 1. The van der Waals surface area contributed by atoms with Gasteiger partial charge in [-0.15, -0.1) is 0 Å². The fourth-order valence-corrected chi connectivity index (χ4v) is 6.92. The number of β-amino-alcohol motifs (C(OH)–C–C–N with tert-alkyl or cyclic N) is 1. The molecular weight excluding hydrogens is 657 g/mol. The van der Waals surface area contributed by atoms with Crippen LogP contribution in [0, 0.1) is 0 Å². The summed E-state index contributed by atoms with van der Waals surface area (Å²) in [4.78, 5) is 27.7. The topological polar surface area (TPSA) is 153 Å². The van der Waals surface area contributed by atoms with Gasteiger partial charge in [0.1, 0.15) is 17.3 Å². The normalized spacial score (nSPS) is 22.6. The molecule has 0 bridgehead atoms. The summed E-state index contributed by atoms with van der Waals surface area (Å²) < 4.78 is 11.2. The van der Waals surface area contributed by atoms with Crippen LogP contribution in [-0.2, 0) is 16.1 Å². The summed E-state index contributed by atoms with van der Waals surface area (Å²) >= 11 is 14.1. The molecule has 2 aromatic carbocycles. The number of hydrogen-bond donors (Lipinski definition) is 5. The molecule has 3 aliphatic heterocycles. The Kier molecular flexibility index (Phi) is 10.5. The number of methoxy groups -OCH3 is 2. The SMILES string of the molecule is COC1=NC(c2cccc(-c3cccc(-c4cnc(CN5CCC(O)(CO)C5)c(OC)n4)c3Cl)c2Cl)=CNC1CNC[C@@H]1CCC(=O)N1. The van der Waals surface area contributed by atoms with Crippen molar-refractivity contribution in [2.24, 2.45) is 4.99 Å². The summed E-state index contributed by atoms with van der Waals surface area (Å²) in [5.41, 5.74) is 3.48. The molecule has 0 spiro atoms. The highest BCUT2D eigenvalue weighted by Crippen LogP contribution is 2.41. The Bertz CT molecular complexity index is 1740. The highest BCUT2D eigenvalue weighted by Gasteiger charge is 2.36. The number of aromatic nitrogens is 2. The first-order valence-corrected chi connectivity index (χ1v) is 16.6. The maximum Gasteiger partial charge on any atom is 0.237 e. The van der Waals surface area contributed by atoms with Crippen LogP contribution in [0.4, 0.5) is 0 Å². The number of nitrogens with one attached hydrogen (secondary N) is 3. The maximum atomic E-state index is 11.5. The number of amides is 1. The number of nitrogens with zero attached hydrogens (tertiary/aromatic N) is 4. The van der Waals surface area contributed by atoms with Crippen molar-refractivity contribution in [1.82, 2.24) is 30.8 Å². The van der Waals surface area contributed by atoms with Gasteiger partial charge in [0, 0.05) is 73.6 Å². The molecule has 3 aliphatic rings. The molecule has 254 valence electrons. The van der Waals surface area contributed by atoms with Crippen LogP contribution in [0.3, 0.4) is 0 Å². The third-order valence-corrected chi connectivity index (χ3v) is 9.72. The molecule has 2 unspecified atom stereocenters. The van der Waals surface area contributed by atoms with E-state index in [1.807, 2.05) is 47.5 Å². The molecule has 4 heterocycles. The van der Waals surface area contributed by atoms with Crippen molar-refractivity contribution in [2.75, 3.05) is 47.0 Å². The number of aliphatic hydroxyl groups excluding tert-OH is 1. The number of likely N-dealkylation sites (tertiary alicyclic amines) is 1. The van der Waals surface area contributed by atoms with Crippen LogP contribution in [0.25, 0.3) is 28.1 Å². The van der Waals surface area contributed by atoms with Crippen molar-refractivity contribution in [1.29, 1.82) is 0 Å². The van der Waals surface area contributed by atoms with Gasteiger partial charge in [0.15, 0.2) is 0 Å². The molecule has 5 N–H and O–H groups in total. The first-order valence-electron chi connectivity index (χ1n) is 15.8. The quantitative estimate of drug-likeness (QED) is 0.202. The number of aliphatic hydroxyl groups is 2. The molecule has 0 radical (unpaired) electrons. The molecule has 14 heteroatoms. The van der Waals surface area contributed by atoms with Gasteiger partial charge in [0.2, 0.25) is 17.7 Å². The largest absolute Gasteiger partial charge is 0.483 e. The van der Waals surface area contributed by atoms with Gasteiger partial charge >= 0.3 is 0 Å². The summed E-state index contributed by atoms with van der Waals surface area (Å²) in [6.07, 6.45) is 5.36. The van der Waals surface area contributed by atoms with E-state index >= 15 is 0 Å². The lowest BCUT2D eigenvalue weighted by Crippen LogP contribution is -2.47. The van der Waals surface area contributed by atoms with Gasteiger partial charge in [0.05, 0.1) is 48.5 Å². The number of hydrogen-bond acceptors (Lipinski definition) is 11. The van der Waals surface area contributed by atoms with E-state index in [0.29, 0.717) is 101 Å². The number of carbonyl (C=O) groups is 1. The van der Waals surface area contributed by atoms with E-state index < -0.39 is 5.60 Å². The summed E-state index contributed by atoms with van der Waals surface area (Å²) in [6, 6.07) is 11.3. The predicted molar refractivity (Wildman–Crippen MR) is 185 cm³/mol. The summed E-state index contributed by atoms with van der Waals surface area (Å²) in [6.45, 7) is 2.34. The van der Waals surface area contributed by atoms with Gasteiger partial charge in [-0.1, -0.05) is 59.6 Å². The average Bonchev–Trinajstić information content (AvgIpc) is 3.70. The number of halogens is 2. The molecule has 0 saturated carbocycles. The van der Waals surface area contributed by atoms with Crippen molar-refractivity contribution < 1.29 is 24.5 Å². The Balaban J connectivity index is 1.20.